The summed E-state index contributed by atoms with van der Waals surface area (Å²) in [7, 11) is -3.33. The smallest absolute Gasteiger partial charge is 0.251 e. The van der Waals surface area contributed by atoms with E-state index in [0.29, 0.717) is 24.2 Å². The van der Waals surface area contributed by atoms with Gasteiger partial charge in [0.05, 0.1) is 22.6 Å². The highest BCUT2D eigenvalue weighted by atomic mass is 32.2. The van der Waals surface area contributed by atoms with Crippen molar-refractivity contribution in [2.75, 3.05) is 17.1 Å². The molecule has 1 N–H and O–H groups in total. The molecule has 1 amide bonds. The van der Waals surface area contributed by atoms with Crippen LogP contribution >= 0.6 is 11.3 Å². The zero-order chi connectivity index (χ0) is 22.2. The molecule has 0 saturated carbocycles. The van der Waals surface area contributed by atoms with Crippen LogP contribution in [0.4, 0.5) is 5.69 Å². The van der Waals surface area contributed by atoms with Crippen molar-refractivity contribution < 1.29 is 13.2 Å². The Morgan fingerprint density at radius 1 is 1.23 bits per heavy atom. The fraction of sp³-hybridized carbons (Fsp3) is 0.304. The van der Waals surface area contributed by atoms with Crippen molar-refractivity contribution in [3.8, 4) is 11.3 Å². The molecule has 31 heavy (non-hydrogen) atoms. The van der Waals surface area contributed by atoms with Crippen LogP contribution in [0.25, 0.3) is 11.3 Å². The van der Waals surface area contributed by atoms with Gasteiger partial charge in [-0.2, -0.15) is 0 Å². The van der Waals surface area contributed by atoms with Crippen LogP contribution in [-0.2, 0) is 22.9 Å². The monoisotopic (exact) mass is 455 g/mol. The predicted molar refractivity (Wildman–Crippen MR) is 125 cm³/mol. The third-order valence-electron chi connectivity index (χ3n) is 5.42. The second-order valence-electron chi connectivity index (χ2n) is 7.91. The summed E-state index contributed by atoms with van der Waals surface area (Å²) in [6.45, 7) is 4.40. The van der Waals surface area contributed by atoms with Crippen molar-refractivity contribution in [1.82, 2.24) is 10.3 Å². The number of hydrogen-bond acceptors (Lipinski definition) is 5. The highest BCUT2D eigenvalue weighted by Crippen LogP contribution is 2.34. The number of fused-ring (bicyclic) bond motifs is 1. The van der Waals surface area contributed by atoms with Crippen molar-refractivity contribution in [2.45, 2.75) is 32.7 Å². The van der Waals surface area contributed by atoms with Gasteiger partial charge in [-0.25, -0.2) is 13.4 Å². The number of anilines is 1. The third kappa shape index (κ3) is 4.65. The first-order valence-electron chi connectivity index (χ1n) is 10.1. The summed E-state index contributed by atoms with van der Waals surface area (Å²) in [6, 6.07) is 13.3. The van der Waals surface area contributed by atoms with E-state index < -0.39 is 10.0 Å². The van der Waals surface area contributed by atoms with Gasteiger partial charge in [-0.3, -0.25) is 9.10 Å². The van der Waals surface area contributed by atoms with Crippen molar-refractivity contribution >= 4 is 33.0 Å². The van der Waals surface area contributed by atoms with Crippen LogP contribution in [0.1, 0.15) is 33.4 Å². The molecule has 1 atom stereocenters. The van der Waals surface area contributed by atoms with Crippen molar-refractivity contribution in [1.29, 1.82) is 0 Å². The molecule has 8 heteroatoms. The maximum absolute atomic E-state index is 12.6. The predicted octanol–water partition coefficient (Wildman–Crippen LogP) is 3.80. The van der Waals surface area contributed by atoms with Gasteiger partial charge in [0, 0.05) is 29.1 Å². The van der Waals surface area contributed by atoms with E-state index in [-0.39, 0.29) is 11.9 Å². The lowest BCUT2D eigenvalue weighted by Gasteiger charge is -2.21. The molecule has 1 aliphatic heterocycles. The van der Waals surface area contributed by atoms with E-state index in [1.165, 1.54) is 10.6 Å². The van der Waals surface area contributed by atoms with E-state index in [9.17, 15) is 13.2 Å². The first kappa shape index (κ1) is 21.5. The maximum Gasteiger partial charge on any atom is 0.251 e. The van der Waals surface area contributed by atoms with Crippen molar-refractivity contribution in [3.63, 3.8) is 0 Å². The molecule has 0 saturated heterocycles. The molecule has 2 aromatic carbocycles. The summed E-state index contributed by atoms with van der Waals surface area (Å²) in [5.74, 6) is -0.150. The zero-order valence-electron chi connectivity index (χ0n) is 17.8. The summed E-state index contributed by atoms with van der Waals surface area (Å²) < 4.78 is 25.5. The van der Waals surface area contributed by atoms with Gasteiger partial charge in [0.1, 0.15) is 0 Å². The number of nitrogens with zero attached hydrogens (tertiary/aromatic N) is 2. The molecule has 1 aromatic heterocycles. The number of carbonyl (C=O) groups excluding carboxylic acids is 1. The van der Waals surface area contributed by atoms with Gasteiger partial charge in [-0.1, -0.05) is 24.3 Å². The van der Waals surface area contributed by atoms with Crippen LogP contribution in [0.15, 0.2) is 47.8 Å². The lowest BCUT2D eigenvalue weighted by Crippen LogP contribution is -2.34. The number of aryl methyl sites for hydroxylation is 1. The van der Waals surface area contributed by atoms with Gasteiger partial charge in [-0.05, 0) is 56.0 Å². The number of aromatic nitrogens is 1. The van der Waals surface area contributed by atoms with Gasteiger partial charge >= 0.3 is 0 Å². The first-order valence-corrected chi connectivity index (χ1v) is 12.9. The van der Waals surface area contributed by atoms with Crippen LogP contribution in [0, 0.1) is 6.92 Å². The van der Waals surface area contributed by atoms with E-state index in [0.717, 1.165) is 33.8 Å². The van der Waals surface area contributed by atoms with E-state index >= 15 is 0 Å². The number of nitrogens with one attached hydrogen (secondary N) is 1. The highest BCUT2D eigenvalue weighted by molar-refractivity contribution is 7.92. The van der Waals surface area contributed by atoms with Crippen molar-refractivity contribution in [2.24, 2.45) is 0 Å². The fourth-order valence-corrected chi connectivity index (χ4v) is 5.90. The van der Waals surface area contributed by atoms with Gasteiger partial charge in [0.15, 0.2) is 0 Å². The number of rotatable bonds is 6. The Balaban J connectivity index is 1.36. The number of sulfonamides is 1. The Morgan fingerprint density at radius 2 is 1.97 bits per heavy atom. The standard InChI is InChI=1S/C23H25N3O3S2/c1-15-12-20-13-19(8-9-22(20)26(15)31(3,28)29)23(27)24-11-10-17-4-6-18(7-5-17)21-14-30-16(2)25-21/h4-9,13-15H,10-12H2,1-3H3,(H,24,27). The van der Waals surface area contributed by atoms with Gasteiger partial charge in [-0.15, -0.1) is 11.3 Å². The Hall–Kier alpha value is -2.71. The molecular formula is C23H25N3O3S2. The molecule has 1 unspecified atom stereocenters. The van der Waals surface area contributed by atoms with Crippen LogP contribution in [0.3, 0.4) is 0 Å². The SMILES string of the molecule is Cc1nc(-c2ccc(CCNC(=O)c3ccc4c(c3)CC(C)N4S(C)(=O)=O)cc2)cs1. The fourth-order valence-electron chi connectivity index (χ4n) is 4.01. The minimum atomic E-state index is -3.33. The second kappa shape index (κ2) is 8.43. The largest absolute Gasteiger partial charge is 0.352 e. The molecule has 6 nitrogen and oxygen atoms in total. The molecule has 1 aliphatic rings. The Labute approximate surface area is 187 Å². The zero-order valence-corrected chi connectivity index (χ0v) is 19.4. The third-order valence-corrected chi connectivity index (χ3v) is 7.46. The maximum atomic E-state index is 12.6. The lowest BCUT2D eigenvalue weighted by molar-refractivity contribution is 0.0954. The van der Waals surface area contributed by atoms with E-state index in [1.54, 1.807) is 29.5 Å². The molecule has 0 spiro atoms. The average molecular weight is 456 g/mol. The van der Waals surface area contributed by atoms with Crippen LogP contribution < -0.4 is 9.62 Å². The molecule has 4 rings (SSSR count). The minimum absolute atomic E-state index is 0.139. The molecule has 3 aromatic rings. The number of amides is 1. The summed E-state index contributed by atoms with van der Waals surface area (Å²) in [5.41, 5.74) is 5.33. The highest BCUT2D eigenvalue weighted by Gasteiger charge is 2.32. The van der Waals surface area contributed by atoms with E-state index in [1.807, 2.05) is 13.8 Å². The lowest BCUT2D eigenvalue weighted by atomic mass is 10.1. The molecule has 0 fully saturated rings. The second-order valence-corrected chi connectivity index (χ2v) is 10.8. The summed E-state index contributed by atoms with van der Waals surface area (Å²) in [4.78, 5) is 17.1. The average Bonchev–Trinajstić information content (AvgIpc) is 3.29. The molecule has 0 bridgehead atoms. The van der Waals surface area contributed by atoms with Crippen LogP contribution in [-0.4, -0.2) is 38.2 Å². The minimum Gasteiger partial charge on any atom is -0.352 e. The van der Waals surface area contributed by atoms with Crippen LogP contribution in [0.5, 0.6) is 0 Å². The molecular weight excluding hydrogens is 430 g/mol. The summed E-state index contributed by atoms with van der Waals surface area (Å²) in [6.07, 6.45) is 2.55. The van der Waals surface area contributed by atoms with E-state index in [2.05, 4.69) is 39.9 Å². The number of carbonyl (C=O) groups is 1. The topological polar surface area (TPSA) is 79.4 Å². The number of benzene rings is 2. The Morgan fingerprint density at radius 3 is 2.61 bits per heavy atom. The Kier molecular flexibility index (Phi) is 5.85. The number of hydrogen-bond donors (Lipinski definition) is 1. The summed E-state index contributed by atoms with van der Waals surface area (Å²) in [5, 5.41) is 6.06. The van der Waals surface area contributed by atoms with Gasteiger partial charge in [0.2, 0.25) is 10.0 Å². The quantitative estimate of drug-likeness (QED) is 0.613. The molecule has 0 aliphatic carbocycles. The molecule has 162 valence electrons. The van der Waals surface area contributed by atoms with Crippen molar-refractivity contribution in [3.05, 3.63) is 69.5 Å². The van der Waals surface area contributed by atoms with Gasteiger partial charge < -0.3 is 5.32 Å². The Bertz CT molecular complexity index is 1220. The van der Waals surface area contributed by atoms with Gasteiger partial charge in [0.25, 0.3) is 5.91 Å². The molecule has 2 heterocycles. The first-order chi connectivity index (χ1) is 14.7. The molecule has 0 radical (unpaired) electrons. The normalized spacial score (nSPS) is 15.7. The summed E-state index contributed by atoms with van der Waals surface area (Å²) >= 11 is 1.64. The van der Waals surface area contributed by atoms with E-state index in [4.69, 9.17) is 0 Å². The van der Waals surface area contributed by atoms with Crippen LogP contribution in [0.2, 0.25) is 0 Å². The number of thiazole rings is 1.